The molecule has 0 aromatic rings. The van der Waals surface area contributed by atoms with Gasteiger partial charge in [-0.25, -0.2) is 0 Å². The fourth-order valence-electron chi connectivity index (χ4n) is 3.27. The predicted molar refractivity (Wildman–Crippen MR) is 71.3 cm³/mol. The van der Waals surface area contributed by atoms with Gasteiger partial charge in [0, 0.05) is 25.7 Å². The Bertz CT molecular complexity index is 277. The summed E-state index contributed by atoms with van der Waals surface area (Å²) in [7, 11) is 0. The Morgan fingerprint density at radius 2 is 2.00 bits per heavy atom. The maximum Gasteiger partial charge on any atom is 0.236 e. The topological polar surface area (TPSA) is 43.8 Å². The van der Waals surface area contributed by atoms with E-state index < -0.39 is 0 Å². The number of hydrogen-bond donors (Lipinski definition) is 1. The molecule has 104 valence electrons. The molecule has 1 aliphatic carbocycles. The van der Waals surface area contributed by atoms with Gasteiger partial charge < -0.3 is 10.0 Å². The summed E-state index contributed by atoms with van der Waals surface area (Å²) in [6, 6.07) is 0.462. The monoisotopic (exact) mass is 254 g/mol. The fourth-order valence-corrected chi connectivity index (χ4v) is 3.27. The molecule has 0 aromatic heterocycles. The molecule has 2 aliphatic rings. The van der Waals surface area contributed by atoms with E-state index in [1.807, 2.05) is 0 Å². The van der Waals surface area contributed by atoms with E-state index in [1.165, 1.54) is 32.1 Å². The minimum absolute atomic E-state index is 0.234. The van der Waals surface area contributed by atoms with Gasteiger partial charge in [0.1, 0.15) is 0 Å². The van der Waals surface area contributed by atoms with Gasteiger partial charge in [0.25, 0.3) is 0 Å². The first kappa shape index (κ1) is 13.8. The van der Waals surface area contributed by atoms with Crippen LogP contribution in [0, 0.1) is 0 Å². The maximum absolute atomic E-state index is 12.3. The van der Waals surface area contributed by atoms with Crippen molar-refractivity contribution >= 4 is 5.91 Å². The van der Waals surface area contributed by atoms with Crippen LogP contribution in [-0.2, 0) is 4.79 Å². The van der Waals surface area contributed by atoms with E-state index >= 15 is 0 Å². The third-order valence-corrected chi connectivity index (χ3v) is 4.28. The highest BCUT2D eigenvalue weighted by atomic mass is 16.3. The third kappa shape index (κ3) is 3.45. The summed E-state index contributed by atoms with van der Waals surface area (Å²) in [5.41, 5.74) is 0. The second kappa shape index (κ2) is 6.53. The first-order chi connectivity index (χ1) is 8.70. The van der Waals surface area contributed by atoms with E-state index in [1.54, 1.807) is 0 Å². The number of hydrogen-bond acceptors (Lipinski definition) is 3. The molecular weight excluding hydrogens is 228 g/mol. The van der Waals surface area contributed by atoms with E-state index in [0.717, 1.165) is 19.5 Å². The second-order valence-corrected chi connectivity index (χ2v) is 5.65. The quantitative estimate of drug-likeness (QED) is 0.821. The Hall–Kier alpha value is -0.610. The molecule has 0 bridgehead atoms. The number of likely N-dealkylation sites (tertiary alicyclic amines) is 1. The number of aliphatic hydroxyl groups excluding tert-OH is 1. The van der Waals surface area contributed by atoms with E-state index in [-0.39, 0.29) is 12.0 Å². The SMILES string of the molecule is CCN(C(=O)CN1CC[C@@H](O)C1)C1CCCCC1. The molecule has 1 atom stereocenters. The molecule has 4 nitrogen and oxygen atoms in total. The van der Waals surface area contributed by atoms with Crippen LogP contribution in [0.3, 0.4) is 0 Å². The fraction of sp³-hybridized carbons (Fsp3) is 0.929. The van der Waals surface area contributed by atoms with Crippen LogP contribution in [0.4, 0.5) is 0 Å². The number of carbonyl (C=O) groups excluding carboxylic acids is 1. The van der Waals surface area contributed by atoms with Crippen molar-refractivity contribution in [2.45, 2.75) is 57.6 Å². The van der Waals surface area contributed by atoms with Crippen molar-refractivity contribution in [3.63, 3.8) is 0 Å². The molecule has 1 saturated heterocycles. The molecule has 1 aliphatic heterocycles. The van der Waals surface area contributed by atoms with Crippen molar-refractivity contribution in [3.8, 4) is 0 Å². The van der Waals surface area contributed by atoms with Crippen molar-refractivity contribution in [1.82, 2.24) is 9.80 Å². The highest BCUT2D eigenvalue weighted by molar-refractivity contribution is 5.78. The van der Waals surface area contributed by atoms with Gasteiger partial charge in [-0.05, 0) is 26.2 Å². The Morgan fingerprint density at radius 1 is 1.28 bits per heavy atom. The number of likely N-dealkylation sites (N-methyl/N-ethyl adjacent to an activating group) is 1. The van der Waals surface area contributed by atoms with Crippen LogP contribution < -0.4 is 0 Å². The number of rotatable bonds is 4. The highest BCUT2D eigenvalue weighted by Gasteiger charge is 2.27. The van der Waals surface area contributed by atoms with Crippen LogP contribution in [0.1, 0.15) is 45.4 Å². The molecule has 0 aromatic carbocycles. The molecule has 0 spiro atoms. The summed E-state index contributed by atoms with van der Waals surface area (Å²) in [6.45, 7) is 4.90. The maximum atomic E-state index is 12.3. The van der Waals surface area contributed by atoms with Crippen molar-refractivity contribution in [1.29, 1.82) is 0 Å². The molecule has 1 N–H and O–H groups in total. The summed E-state index contributed by atoms with van der Waals surface area (Å²) >= 11 is 0. The summed E-state index contributed by atoms with van der Waals surface area (Å²) < 4.78 is 0. The van der Waals surface area contributed by atoms with Gasteiger partial charge in [-0.3, -0.25) is 9.69 Å². The second-order valence-electron chi connectivity index (χ2n) is 5.65. The van der Waals surface area contributed by atoms with E-state index in [2.05, 4.69) is 16.7 Å². The smallest absolute Gasteiger partial charge is 0.236 e. The largest absolute Gasteiger partial charge is 0.392 e. The number of amides is 1. The average Bonchev–Trinajstić information content (AvgIpc) is 2.77. The van der Waals surface area contributed by atoms with Gasteiger partial charge in [0.05, 0.1) is 12.6 Å². The Morgan fingerprint density at radius 3 is 2.56 bits per heavy atom. The number of nitrogens with zero attached hydrogens (tertiary/aromatic N) is 2. The van der Waals surface area contributed by atoms with Crippen LogP contribution in [0.5, 0.6) is 0 Å². The van der Waals surface area contributed by atoms with E-state index in [0.29, 0.717) is 19.1 Å². The van der Waals surface area contributed by atoms with E-state index in [4.69, 9.17) is 0 Å². The zero-order chi connectivity index (χ0) is 13.0. The lowest BCUT2D eigenvalue weighted by Gasteiger charge is -2.34. The minimum atomic E-state index is -0.234. The zero-order valence-electron chi connectivity index (χ0n) is 11.5. The van der Waals surface area contributed by atoms with Crippen molar-refractivity contribution in [2.24, 2.45) is 0 Å². The van der Waals surface area contributed by atoms with Gasteiger partial charge >= 0.3 is 0 Å². The highest BCUT2D eigenvalue weighted by Crippen LogP contribution is 2.23. The number of aliphatic hydroxyl groups is 1. The first-order valence-corrected chi connectivity index (χ1v) is 7.40. The van der Waals surface area contributed by atoms with Crippen LogP contribution >= 0.6 is 0 Å². The molecule has 1 saturated carbocycles. The van der Waals surface area contributed by atoms with Crippen LogP contribution in [0.2, 0.25) is 0 Å². The summed E-state index contributed by atoms with van der Waals surface area (Å²) in [5.74, 6) is 0.249. The average molecular weight is 254 g/mol. The van der Waals surface area contributed by atoms with Crippen LogP contribution in [-0.4, -0.2) is 59.1 Å². The molecule has 2 fully saturated rings. The van der Waals surface area contributed by atoms with Gasteiger partial charge in [-0.2, -0.15) is 0 Å². The number of carbonyl (C=O) groups is 1. The molecule has 0 unspecified atom stereocenters. The third-order valence-electron chi connectivity index (χ3n) is 4.28. The lowest BCUT2D eigenvalue weighted by atomic mass is 9.94. The Balaban J connectivity index is 1.84. The van der Waals surface area contributed by atoms with Crippen LogP contribution in [0.15, 0.2) is 0 Å². The van der Waals surface area contributed by atoms with Crippen LogP contribution in [0.25, 0.3) is 0 Å². The molecule has 0 radical (unpaired) electrons. The lowest BCUT2D eigenvalue weighted by molar-refractivity contribution is -0.135. The van der Waals surface area contributed by atoms with Crippen molar-refractivity contribution in [2.75, 3.05) is 26.2 Å². The van der Waals surface area contributed by atoms with E-state index in [9.17, 15) is 9.90 Å². The molecule has 1 heterocycles. The van der Waals surface area contributed by atoms with Crippen molar-refractivity contribution < 1.29 is 9.90 Å². The molecule has 4 heteroatoms. The standard InChI is InChI=1S/C14H26N2O2/c1-2-16(12-6-4-3-5-7-12)14(18)11-15-9-8-13(17)10-15/h12-13,17H,2-11H2,1H3/t13-/m1/s1. The van der Waals surface area contributed by atoms with Gasteiger partial charge in [-0.15, -0.1) is 0 Å². The van der Waals surface area contributed by atoms with Gasteiger partial charge in [0.15, 0.2) is 0 Å². The zero-order valence-corrected chi connectivity index (χ0v) is 11.5. The minimum Gasteiger partial charge on any atom is -0.392 e. The Kier molecular flexibility index (Phi) is 5.01. The lowest BCUT2D eigenvalue weighted by Crippen LogP contribution is -2.46. The molecule has 18 heavy (non-hydrogen) atoms. The summed E-state index contributed by atoms with van der Waals surface area (Å²) in [6.07, 6.45) is 6.75. The molecule has 2 rings (SSSR count). The van der Waals surface area contributed by atoms with Gasteiger partial charge in [-0.1, -0.05) is 19.3 Å². The Labute approximate surface area is 110 Å². The normalized spacial score (nSPS) is 26.4. The summed E-state index contributed by atoms with van der Waals surface area (Å²) in [5, 5.41) is 9.49. The number of β-amino-alcohol motifs (C(OH)–C–C–N with tert-alkyl or cyclic N) is 1. The first-order valence-electron chi connectivity index (χ1n) is 7.40. The molecule has 1 amide bonds. The molecular formula is C14H26N2O2. The van der Waals surface area contributed by atoms with Crippen molar-refractivity contribution in [3.05, 3.63) is 0 Å². The predicted octanol–water partition coefficient (Wildman–Crippen LogP) is 1.23. The summed E-state index contributed by atoms with van der Waals surface area (Å²) in [4.78, 5) is 16.5. The van der Waals surface area contributed by atoms with Gasteiger partial charge in [0.2, 0.25) is 5.91 Å².